The lowest BCUT2D eigenvalue weighted by molar-refractivity contribution is -0.126. The highest BCUT2D eigenvalue weighted by atomic mass is 16.5. The number of ether oxygens (including phenoxy) is 2. The highest BCUT2D eigenvalue weighted by molar-refractivity contribution is 5.97. The first-order valence-electron chi connectivity index (χ1n) is 8.07. The van der Waals surface area contributed by atoms with Crippen molar-refractivity contribution < 1.29 is 19.1 Å². The number of rotatable bonds is 6. The minimum Gasteiger partial charge on any atom is -0.493 e. The van der Waals surface area contributed by atoms with E-state index in [4.69, 9.17) is 9.47 Å². The Kier molecular flexibility index (Phi) is 4.92. The van der Waals surface area contributed by atoms with Gasteiger partial charge in [0.1, 0.15) is 18.3 Å². The normalized spacial score (nSPS) is 16.3. The van der Waals surface area contributed by atoms with Crippen LogP contribution in [0.3, 0.4) is 0 Å². The molecule has 1 N–H and O–H groups in total. The van der Waals surface area contributed by atoms with Crippen LogP contribution in [0.1, 0.15) is 10.5 Å². The fourth-order valence-corrected chi connectivity index (χ4v) is 2.85. The number of hydrogen-bond donors (Lipinski definition) is 1. The topological polar surface area (TPSA) is 72.8 Å². The molecule has 1 aliphatic heterocycles. The van der Waals surface area contributed by atoms with Crippen LogP contribution in [0.2, 0.25) is 0 Å². The molecule has 0 spiro atoms. The predicted octanol–water partition coefficient (Wildman–Crippen LogP) is 1.15. The number of nitrogens with one attached hydrogen (secondary N) is 1. The monoisotopic (exact) mass is 343 g/mol. The number of hydrogen-bond acceptors (Lipinski definition) is 4. The Morgan fingerprint density at radius 1 is 1.24 bits per heavy atom. The number of carbonyl (C=O) groups is 2. The minimum atomic E-state index is -0.529. The summed E-state index contributed by atoms with van der Waals surface area (Å²) in [6, 6.07) is 10.4. The number of methoxy groups -OCH3 is 1. The maximum atomic E-state index is 12.4. The molecular formula is C18H21N3O4. The van der Waals surface area contributed by atoms with Crippen LogP contribution < -0.4 is 14.8 Å². The first kappa shape index (κ1) is 16.9. The Balaban J connectivity index is 1.52. The summed E-state index contributed by atoms with van der Waals surface area (Å²) in [4.78, 5) is 26.2. The highest BCUT2D eigenvalue weighted by Gasteiger charge is 2.33. The smallest absolute Gasteiger partial charge is 0.270 e. The molecule has 0 saturated carbocycles. The number of para-hydroxylation sites is 2. The van der Waals surface area contributed by atoms with E-state index in [1.54, 1.807) is 24.8 Å². The number of amides is 2. The average molecular weight is 343 g/mol. The first-order chi connectivity index (χ1) is 12.1. The third-order valence-electron chi connectivity index (χ3n) is 4.24. The van der Waals surface area contributed by atoms with Gasteiger partial charge in [0, 0.05) is 13.2 Å². The lowest BCUT2D eigenvalue weighted by Gasteiger charge is -2.32. The second kappa shape index (κ2) is 7.29. The van der Waals surface area contributed by atoms with Gasteiger partial charge in [0.15, 0.2) is 11.5 Å². The number of fused-ring (bicyclic) bond motifs is 1. The van der Waals surface area contributed by atoms with E-state index in [1.807, 2.05) is 36.5 Å². The van der Waals surface area contributed by atoms with E-state index in [0.717, 1.165) is 0 Å². The molecule has 0 radical (unpaired) electrons. The summed E-state index contributed by atoms with van der Waals surface area (Å²) in [6.45, 7) is 1.10. The molecule has 2 amide bonds. The van der Waals surface area contributed by atoms with Crippen LogP contribution in [-0.2, 0) is 11.3 Å². The van der Waals surface area contributed by atoms with Crippen LogP contribution in [-0.4, -0.2) is 54.6 Å². The van der Waals surface area contributed by atoms with E-state index in [1.165, 1.54) is 4.90 Å². The van der Waals surface area contributed by atoms with Crippen molar-refractivity contribution in [1.82, 2.24) is 14.8 Å². The molecule has 0 bridgehead atoms. The fraction of sp³-hybridized carbons (Fsp3) is 0.333. The lowest BCUT2D eigenvalue weighted by atomic mass is 10.1. The number of aromatic nitrogens is 1. The quantitative estimate of drug-likeness (QED) is 0.799. The molecule has 0 aliphatic carbocycles. The van der Waals surface area contributed by atoms with Crippen molar-refractivity contribution in [2.45, 2.75) is 12.6 Å². The molecule has 3 rings (SSSR count). The van der Waals surface area contributed by atoms with E-state index >= 15 is 0 Å². The second-order valence-corrected chi connectivity index (χ2v) is 5.77. The molecule has 1 unspecified atom stereocenters. The van der Waals surface area contributed by atoms with E-state index in [9.17, 15) is 9.59 Å². The highest BCUT2D eigenvalue weighted by Crippen LogP contribution is 2.25. The van der Waals surface area contributed by atoms with E-state index in [0.29, 0.717) is 36.9 Å². The number of benzene rings is 1. The van der Waals surface area contributed by atoms with Gasteiger partial charge in [0.25, 0.3) is 5.91 Å². The van der Waals surface area contributed by atoms with Crippen molar-refractivity contribution in [3.05, 3.63) is 48.3 Å². The Morgan fingerprint density at radius 3 is 2.76 bits per heavy atom. The van der Waals surface area contributed by atoms with Gasteiger partial charge >= 0.3 is 0 Å². The molecule has 1 aromatic carbocycles. The summed E-state index contributed by atoms with van der Waals surface area (Å²) in [6.07, 6.45) is 1.81. The van der Waals surface area contributed by atoms with Crippen molar-refractivity contribution in [3.8, 4) is 11.5 Å². The number of nitrogens with zero attached hydrogens (tertiary/aromatic N) is 2. The van der Waals surface area contributed by atoms with E-state index < -0.39 is 6.04 Å². The summed E-state index contributed by atoms with van der Waals surface area (Å²) in [5.41, 5.74) is 0.603. The van der Waals surface area contributed by atoms with Crippen molar-refractivity contribution in [2.75, 3.05) is 27.3 Å². The fourth-order valence-electron chi connectivity index (χ4n) is 2.85. The second-order valence-electron chi connectivity index (χ2n) is 5.77. The van der Waals surface area contributed by atoms with Gasteiger partial charge in [-0.2, -0.15) is 0 Å². The van der Waals surface area contributed by atoms with E-state index in [2.05, 4.69) is 5.32 Å². The van der Waals surface area contributed by atoms with Crippen molar-refractivity contribution in [1.29, 1.82) is 0 Å². The molecule has 1 aliphatic rings. The predicted molar refractivity (Wildman–Crippen MR) is 91.8 cm³/mol. The SMILES string of the molecule is COc1ccccc1OCCNC(=O)C1Cn2cccc2C(=O)N1C. The number of likely N-dealkylation sites (N-methyl/N-ethyl adjacent to an activating group) is 1. The maximum Gasteiger partial charge on any atom is 0.270 e. The largest absolute Gasteiger partial charge is 0.493 e. The lowest BCUT2D eigenvalue weighted by Crippen LogP contribution is -2.53. The van der Waals surface area contributed by atoms with Gasteiger partial charge in [0.2, 0.25) is 5.91 Å². The van der Waals surface area contributed by atoms with Crippen LogP contribution in [0.25, 0.3) is 0 Å². The van der Waals surface area contributed by atoms with Gasteiger partial charge in [-0.25, -0.2) is 0 Å². The number of carbonyl (C=O) groups excluding carboxylic acids is 2. The Hall–Kier alpha value is -2.96. The summed E-state index contributed by atoms with van der Waals surface area (Å²) in [7, 11) is 3.23. The van der Waals surface area contributed by atoms with Crippen molar-refractivity contribution in [2.24, 2.45) is 0 Å². The molecule has 1 aromatic heterocycles. The zero-order valence-electron chi connectivity index (χ0n) is 14.3. The molecule has 25 heavy (non-hydrogen) atoms. The van der Waals surface area contributed by atoms with Gasteiger partial charge in [0.05, 0.1) is 20.2 Å². The minimum absolute atomic E-state index is 0.151. The van der Waals surface area contributed by atoms with Crippen molar-refractivity contribution in [3.63, 3.8) is 0 Å². The maximum absolute atomic E-state index is 12.4. The van der Waals surface area contributed by atoms with Gasteiger partial charge in [-0.3, -0.25) is 9.59 Å². The molecule has 7 heteroatoms. The van der Waals surface area contributed by atoms with Gasteiger partial charge in [-0.1, -0.05) is 12.1 Å². The zero-order valence-corrected chi connectivity index (χ0v) is 14.3. The van der Waals surface area contributed by atoms with Crippen molar-refractivity contribution >= 4 is 11.8 Å². The average Bonchev–Trinajstić information content (AvgIpc) is 3.10. The summed E-state index contributed by atoms with van der Waals surface area (Å²) in [5, 5.41) is 2.82. The van der Waals surface area contributed by atoms with Crippen LogP contribution in [0.5, 0.6) is 11.5 Å². The van der Waals surface area contributed by atoms with Crippen LogP contribution in [0.15, 0.2) is 42.6 Å². The molecule has 7 nitrogen and oxygen atoms in total. The first-order valence-corrected chi connectivity index (χ1v) is 8.07. The Morgan fingerprint density at radius 2 is 2.00 bits per heavy atom. The molecule has 0 saturated heterocycles. The Bertz CT molecular complexity index is 771. The molecule has 1 atom stereocenters. The molecule has 2 aromatic rings. The third-order valence-corrected chi connectivity index (χ3v) is 4.24. The summed E-state index contributed by atoms with van der Waals surface area (Å²) in [5.74, 6) is 0.924. The molecule has 132 valence electrons. The van der Waals surface area contributed by atoms with Gasteiger partial charge < -0.3 is 24.3 Å². The van der Waals surface area contributed by atoms with Crippen LogP contribution in [0, 0.1) is 0 Å². The molecule has 2 heterocycles. The molecule has 0 fully saturated rings. The summed E-state index contributed by atoms with van der Waals surface area (Å²) >= 11 is 0. The standard InChI is InChI=1S/C18H21N3O4/c1-20-14(12-21-10-5-6-13(21)18(20)23)17(22)19-9-11-25-16-8-4-3-7-15(16)24-2/h3-8,10,14H,9,11-12H2,1-2H3,(H,19,22). The van der Waals surface area contributed by atoms with Crippen LogP contribution in [0.4, 0.5) is 0 Å². The summed E-state index contributed by atoms with van der Waals surface area (Å²) < 4.78 is 12.6. The van der Waals surface area contributed by atoms with E-state index in [-0.39, 0.29) is 11.8 Å². The van der Waals surface area contributed by atoms with Gasteiger partial charge in [-0.05, 0) is 24.3 Å². The molecular weight excluding hydrogens is 322 g/mol. The zero-order chi connectivity index (χ0) is 17.8. The van der Waals surface area contributed by atoms with Gasteiger partial charge in [-0.15, -0.1) is 0 Å². The van der Waals surface area contributed by atoms with Crippen LogP contribution >= 0.6 is 0 Å². The third kappa shape index (κ3) is 3.45. The Labute approximate surface area is 146 Å².